The van der Waals surface area contributed by atoms with Gasteiger partial charge in [0.1, 0.15) is 11.8 Å². The summed E-state index contributed by atoms with van der Waals surface area (Å²) in [6.45, 7) is 0. The molecular formula is C9H9NOS. The number of nitriles is 1. The van der Waals surface area contributed by atoms with Crippen LogP contribution in [0.3, 0.4) is 0 Å². The molecule has 2 nitrogen and oxygen atoms in total. The number of nitrogens with zero attached hydrogens (tertiary/aromatic N) is 1. The van der Waals surface area contributed by atoms with Crippen LogP contribution in [0.2, 0.25) is 0 Å². The average Bonchev–Trinajstić information content (AvgIpc) is 2.16. The summed E-state index contributed by atoms with van der Waals surface area (Å²) in [5, 5.41) is 8.75. The standard InChI is InChI=1S/C9H9NOS/c1-11-8-3-4-9(12-2)7(5-8)6-10/h3-5H,1-2H3. The monoisotopic (exact) mass is 179 g/mol. The Hall–Kier alpha value is -1.14. The number of hydrogen-bond donors (Lipinski definition) is 0. The molecule has 0 N–H and O–H groups in total. The lowest BCUT2D eigenvalue weighted by Crippen LogP contribution is -1.85. The molecule has 0 saturated heterocycles. The molecule has 62 valence electrons. The van der Waals surface area contributed by atoms with Crippen molar-refractivity contribution >= 4 is 11.8 Å². The SMILES string of the molecule is COc1ccc(SC)c(C#N)c1. The zero-order valence-electron chi connectivity index (χ0n) is 7.00. The van der Waals surface area contributed by atoms with Crippen LogP contribution in [0.15, 0.2) is 23.1 Å². The molecule has 1 aromatic rings. The third-order valence-electron chi connectivity index (χ3n) is 1.53. The minimum atomic E-state index is 0.668. The van der Waals surface area contributed by atoms with Crippen LogP contribution >= 0.6 is 11.8 Å². The Balaban J connectivity index is 3.13. The molecule has 0 spiro atoms. The maximum Gasteiger partial charge on any atom is 0.120 e. The molecule has 0 atom stereocenters. The van der Waals surface area contributed by atoms with E-state index in [0.717, 1.165) is 10.6 Å². The van der Waals surface area contributed by atoms with Gasteiger partial charge in [-0.25, -0.2) is 0 Å². The fourth-order valence-electron chi connectivity index (χ4n) is 0.901. The van der Waals surface area contributed by atoms with Gasteiger partial charge in [-0.15, -0.1) is 11.8 Å². The third kappa shape index (κ3) is 1.72. The van der Waals surface area contributed by atoms with Gasteiger partial charge in [0, 0.05) is 4.90 Å². The van der Waals surface area contributed by atoms with Crippen LogP contribution in [-0.2, 0) is 0 Å². The normalized spacial score (nSPS) is 9.08. The highest BCUT2D eigenvalue weighted by Gasteiger charge is 2.01. The first kappa shape index (κ1) is 8.95. The predicted octanol–water partition coefficient (Wildman–Crippen LogP) is 2.29. The van der Waals surface area contributed by atoms with Gasteiger partial charge in [-0.2, -0.15) is 5.26 Å². The molecule has 1 aromatic carbocycles. The van der Waals surface area contributed by atoms with Gasteiger partial charge >= 0.3 is 0 Å². The fraction of sp³-hybridized carbons (Fsp3) is 0.222. The second kappa shape index (κ2) is 4.03. The van der Waals surface area contributed by atoms with Crippen molar-refractivity contribution in [2.75, 3.05) is 13.4 Å². The molecule has 0 aliphatic rings. The fourth-order valence-corrected chi connectivity index (χ4v) is 1.43. The minimum absolute atomic E-state index is 0.668. The van der Waals surface area contributed by atoms with E-state index in [-0.39, 0.29) is 0 Å². The molecule has 3 heteroatoms. The van der Waals surface area contributed by atoms with E-state index >= 15 is 0 Å². The third-order valence-corrected chi connectivity index (χ3v) is 2.32. The molecule has 0 saturated carbocycles. The molecule has 0 amide bonds. The van der Waals surface area contributed by atoms with E-state index < -0.39 is 0 Å². The van der Waals surface area contributed by atoms with Crippen LogP contribution < -0.4 is 4.74 Å². The maximum atomic E-state index is 8.75. The summed E-state index contributed by atoms with van der Waals surface area (Å²) in [6.07, 6.45) is 1.95. The van der Waals surface area contributed by atoms with Gasteiger partial charge in [0.25, 0.3) is 0 Å². The van der Waals surface area contributed by atoms with Gasteiger partial charge in [-0.1, -0.05) is 0 Å². The molecule has 0 fully saturated rings. The summed E-state index contributed by atoms with van der Waals surface area (Å²) in [5.41, 5.74) is 0.668. The van der Waals surface area contributed by atoms with Crippen molar-refractivity contribution in [3.05, 3.63) is 23.8 Å². The quantitative estimate of drug-likeness (QED) is 0.653. The van der Waals surface area contributed by atoms with Gasteiger partial charge in [-0.05, 0) is 24.5 Å². The first-order valence-electron chi connectivity index (χ1n) is 3.44. The number of ether oxygens (including phenoxy) is 1. The van der Waals surface area contributed by atoms with Crippen LogP contribution in [-0.4, -0.2) is 13.4 Å². The van der Waals surface area contributed by atoms with Crippen molar-refractivity contribution in [3.63, 3.8) is 0 Å². The number of rotatable bonds is 2. The molecule has 1 rings (SSSR count). The summed E-state index contributed by atoms with van der Waals surface area (Å²) < 4.78 is 5.00. The zero-order chi connectivity index (χ0) is 8.97. The molecule has 0 radical (unpaired) electrons. The highest BCUT2D eigenvalue weighted by Crippen LogP contribution is 2.23. The number of hydrogen-bond acceptors (Lipinski definition) is 3. The van der Waals surface area contributed by atoms with Crippen molar-refractivity contribution < 1.29 is 4.74 Å². The minimum Gasteiger partial charge on any atom is -0.497 e. The largest absolute Gasteiger partial charge is 0.497 e. The first-order valence-corrected chi connectivity index (χ1v) is 4.66. The van der Waals surface area contributed by atoms with Crippen molar-refractivity contribution in [3.8, 4) is 11.8 Å². The van der Waals surface area contributed by atoms with E-state index in [1.165, 1.54) is 0 Å². The van der Waals surface area contributed by atoms with E-state index in [4.69, 9.17) is 10.00 Å². The molecule has 0 unspecified atom stereocenters. The van der Waals surface area contributed by atoms with Crippen LogP contribution in [0.4, 0.5) is 0 Å². The lowest BCUT2D eigenvalue weighted by molar-refractivity contribution is 0.414. The van der Waals surface area contributed by atoms with Gasteiger partial charge in [-0.3, -0.25) is 0 Å². The molecule has 0 bridgehead atoms. The second-order valence-electron chi connectivity index (χ2n) is 2.18. The highest BCUT2D eigenvalue weighted by atomic mass is 32.2. The Morgan fingerprint density at radius 3 is 2.75 bits per heavy atom. The average molecular weight is 179 g/mol. The molecule has 0 aliphatic carbocycles. The molecule has 12 heavy (non-hydrogen) atoms. The molecule has 0 aromatic heterocycles. The zero-order valence-corrected chi connectivity index (χ0v) is 7.81. The van der Waals surface area contributed by atoms with Gasteiger partial charge in [0.15, 0.2) is 0 Å². The lowest BCUT2D eigenvalue weighted by Gasteiger charge is -2.02. The van der Waals surface area contributed by atoms with E-state index in [9.17, 15) is 0 Å². The van der Waals surface area contributed by atoms with Crippen LogP contribution in [0.1, 0.15) is 5.56 Å². The van der Waals surface area contributed by atoms with Gasteiger partial charge in [0.2, 0.25) is 0 Å². The van der Waals surface area contributed by atoms with Crippen molar-refractivity contribution in [2.24, 2.45) is 0 Å². The molecular weight excluding hydrogens is 170 g/mol. The second-order valence-corrected chi connectivity index (χ2v) is 3.03. The maximum absolute atomic E-state index is 8.75. The van der Waals surface area contributed by atoms with E-state index in [1.54, 1.807) is 24.9 Å². The Kier molecular flexibility index (Phi) is 3.01. The van der Waals surface area contributed by atoms with Gasteiger partial charge in [0.05, 0.1) is 12.7 Å². The summed E-state index contributed by atoms with van der Waals surface area (Å²) in [5.74, 6) is 0.726. The van der Waals surface area contributed by atoms with E-state index in [2.05, 4.69) is 6.07 Å². The Morgan fingerprint density at radius 1 is 1.50 bits per heavy atom. The topological polar surface area (TPSA) is 33.0 Å². The Bertz CT molecular complexity index is 317. The predicted molar refractivity (Wildman–Crippen MR) is 49.5 cm³/mol. The van der Waals surface area contributed by atoms with E-state index in [0.29, 0.717) is 5.56 Å². The van der Waals surface area contributed by atoms with Crippen LogP contribution in [0.5, 0.6) is 5.75 Å². The van der Waals surface area contributed by atoms with Crippen LogP contribution in [0.25, 0.3) is 0 Å². The van der Waals surface area contributed by atoms with Crippen molar-refractivity contribution in [1.29, 1.82) is 5.26 Å². The molecule has 0 aliphatic heterocycles. The smallest absolute Gasteiger partial charge is 0.120 e. The van der Waals surface area contributed by atoms with Crippen molar-refractivity contribution in [1.82, 2.24) is 0 Å². The number of methoxy groups -OCH3 is 1. The summed E-state index contributed by atoms with van der Waals surface area (Å²) in [7, 11) is 1.59. The summed E-state index contributed by atoms with van der Waals surface area (Å²) in [6, 6.07) is 7.61. The Morgan fingerprint density at radius 2 is 2.25 bits per heavy atom. The highest BCUT2D eigenvalue weighted by molar-refractivity contribution is 7.98. The van der Waals surface area contributed by atoms with E-state index in [1.807, 2.05) is 18.4 Å². The van der Waals surface area contributed by atoms with Crippen LogP contribution in [0, 0.1) is 11.3 Å². The molecule has 0 heterocycles. The van der Waals surface area contributed by atoms with Gasteiger partial charge < -0.3 is 4.74 Å². The lowest BCUT2D eigenvalue weighted by atomic mass is 10.2. The first-order chi connectivity index (χ1) is 5.81. The Labute approximate surface area is 76.2 Å². The summed E-state index contributed by atoms with van der Waals surface area (Å²) >= 11 is 1.56. The van der Waals surface area contributed by atoms with Crippen molar-refractivity contribution in [2.45, 2.75) is 4.90 Å². The number of benzene rings is 1. The number of thioether (sulfide) groups is 1. The summed E-state index contributed by atoms with van der Waals surface area (Å²) in [4.78, 5) is 0.985.